The van der Waals surface area contributed by atoms with E-state index in [1.165, 1.54) is 10.6 Å². The fraction of sp³-hybridized carbons (Fsp3) is 0.500. The van der Waals surface area contributed by atoms with Crippen molar-refractivity contribution >= 4 is 22.3 Å². The summed E-state index contributed by atoms with van der Waals surface area (Å²) in [6.45, 7) is 4.98. The molecule has 1 fully saturated rings. The number of thiophene rings is 1. The molecule has 1 aliphatic rings. The Hall–Kier alpha value is -2.02. The van der Waals surface area contributed by atoms with E-state index in [4.69, 9.17) is 0 Å². The van der Waals surface area contributed by atoms with Crippen molar-refractivity contribution in [2.24, 2.45) is 12.0 Å². The van der Waals surface area contributed by atoms with E-state index < -0.39 is 0 Å². The summed E-state index contributed by atoms with van der Waals surface area (Å²) in [6.07, 6.45) is 4.94. The third kappa shape index (κ3) is 4.04. The normalized spacial score (nSPS) is 16.0. The predicted octanol–water partition coefficient (Wildman–Crippen LogP) is 1.42. The lowest BCUT2D eigenvalue weighted by molar-refractivity contribution is 0.374. The standard InChI is InChI=1S/C16H24N6S/c1-17-16(18-6-5-14-12-19-20(2)13-14)22-9-7-21(8-10-22)15-4-3-11-23-15/h3-4,11-13H,5-10H2,1-2H3,(H,17,18). The molecule has 7 heteroatoms. The minimum Gasteiger partial charge on any atom is -0.360 e. The predicted molar refractivity (Wildman–Crippen MR) is 96.4 cm³/mol. The number of nitrogens with one attached hydrogen (secondary N) is 1. The molecule has 0 saturated carbocycles. The van der Waals surface area contributed by atoms with Gasteiger partial charge in [-0.05, 0) is 29.5 Å². The molecule has 2 aromatic rings. The SMILES string of the molecule is CN=C(NCCc1cnn(C)c1)N1CCN(c2cccs2)CC1. The van der Waals surface area contributed by atoms with Gasteiger partial charge >= 0.3 is 0 Å². The highest BCUT2D eigenvalue weighted by Gasteiger charge is 2.20. The first-order valence-corrected chi connectivity index (χ1v) is 8.86. The van der Waals surface area contributed by atoms with Crippen LogP contribution in [0.2, 0.25) is 0 Å². The van der Waals surface area contributed by atoms with E-state index in [1.807, 2.05) is 36.3 Å². The molecule has 0 aromatic carbocycles. The molecular formula is C16H24N6S. The monoisotopic (exact) mass is 332 g/mol. The van der Waals surface area contributed by atoms with Gasteiger partial charge < -0.3 is 15.1 Å². The molecule has 0 aliphatic carbocycles. The minimum absolute atomic E-state index is 0.878. The first-order chi connectivity index (χ1) is 11.3. The van der Waals surface area contributed by atoms with Crippen molar-refractivity contribution in [3.05, 3.63) is 35.5 Å². The van der Waals surface area contributed by atoms with Crippen molar-refractivity contribution in [2.75, 3.05) is 44.7 Å². The molecule has 0 unspecified atom stereocenters. The van der Waals surface area contributed by atoms with Gasteiger partial charge in [-0.1, -0.05) is 0 Å². The van der Waals surface area contributed by atoms with E-state index in [1.54, 1.807) is 0 Å². The molecule has 0 bridgehead atoms. The number of anilines is 1. The Morgan fingerprint density at radius 1 is 1.35 bits per heavy atom. The van der Waals surface area contributed by atoms with Crippen molar-refractivity contribution in [1.29, 1.82) is 0 Å². The Kier molecular flexibility index (Phi) is 5.17. The molecule has 2 aromatic heterocycles. The summed E-state index contributed by atoms with van der Waals surface area (Å²) in [6, 6.07) is 4.31. The van der Waals surface area contributed by atoms with Crippen LogP contribution in [-0.4, -0.2) is 60.4 Å². The Labute approximate surface area is 141 Å². The van der Waals surface area contributed by atoms with Crippen LogP contribution in [0.3, 0.4) is 0 Å². The second kappa shape index (κ2) is 7.50. The lowest BCUT2D eigenvalue weighted by atomic mass is 10.2. The van der Waals surface area contributed by atoms with Gasteiger partial charge in [0.25, 0.3) is 0 Å². The van der Waals surface area contributed by atoms with Gasteiger partial charge in [-0.25, -0.2) is 0 Å². The van der Waals surface area contributed by atoms with Crippen LogP contribution in [0.15, 0.2) is 34.9 Å². The van der Waals surface area contributed by atoms with Crippen LogP contribution < -0.4 is 10.2 Å². The molecule has 3 heterocycles. The molecule has 23 heavy (non-hydrogen) atoms. The van der Waals surface area contributed by atoms with Crippen LogP contribution >= 0.6 is 11.3 Å². The van der Waals surface area contributed by atoms with Gasteiger partial charge in [-0.3, -0.25) is 9.67 Å². The molecule has 1 saturated heterocycles. The van der Waals surface area contributed by atoms with E-state index in [0.717, 1.165) is 45.1 Å². The highest BCUT2D eigenvalue weighted by atomic mass is 32.1. The van der Waals surface area contributed by atoms with Crippen LogP contribution in [0, 0.1) is 0 Å². The van der Waals surface area contributed by atoms with Gasteiger partial charge in [0.2, 0.25) is 0 Å². The number of aromatic nitrogens is 2. The van der Waals surface area contributed by atoms with Gasteiger partial charge in [0.15, 0.2) is 5.96 Å². The maximum absolute atomic E-state index is 4.43. The van der Waals surface area contributed by atoms with Crippen molar-refractivity contribution < 1.29 is 0 Å². The minimum atomic E-state index is 0.878. The van der Waals surface area contributed by atoms with Crippen LogP contribution in [0.1, 0.15) is 5.56 Å². The van der Waals surface area contributed by atoms with Crippen molar-refractivity contribution in [1.82, 2.24) is 20.0 Å². The molecule has 0 spiro atoms. The number of nitrogens with zero attached hydrogens (tertiary/aromatic N) is 5. The highest BCUT2D eigenvalue weighted by Crippen LogP contribution is 2.22. The zero-order valence-electron chi connectivity index (χ0n) is 13.8. The van der Waals surface area contributed by atoms with Gasteiger partial charge in [0.05, 0.1) is 11.2 Å². The topological polar surface area (TPSA) is 48.7 Å². The van der Waals surface area contributed by atoms with Crippen LogP contribution in [0.5, 0.6) is 0 Å². The molecule has 6 nitrogen and oxygen atoms in total. The van der Waals surface area contributed by atoms with E-state index in [0.29, 0.717) is 0 Å². The molecule has 0 radical (unpaired) electrons. The maximum atomic E-state index is 4.43. The van der Waals surface area contributed by atoms with Crippen LogP contribution in [0.25, 0.3) is 0 Å². The van der Waals surface area contributed by atoms with Crippen LogP contribution in [-0.2, 0) is 13.5 Å². The Balaban J connectivity index is 1.46. The lowest BCUT2D eigenvalue weighted by Crippen LogP contribution is -2.52. The smallest absolute Gasteiger partial charge is 0.193 e. The average Bonchev–Trinajstić information content (AvgIpc) is 3.24. The van der Waals surface area contributed by atoms with Crippen molar-refractivity contribution in [3.63, 3.8) is 0 Å². The lowest BCUT2D eigenvalue weighted by Gasteiger charge is -2.37. The zero-order valence-corrected chi connectivity index (χ0v) is 14.6. The number of aryl methyl sites for hydroxylation is 1. The highest BCUT2D eigenvalue weighted by molar-refractivity contribution is 7.14. The summed E-state index contributed by atoms with van der Waals surface area (Å²) in [5, 5.41) is 11.2. The van der Waals surface area contributed by atoms with E-state index >= 15 is 0 Å². The summed E-state index contributed by atoms with van der Waals surface area (Å²) in [5.74, 6) is 1.000. The largest absolute Gasteiger partial charge is 0.360 e. The Morgan fingerprint density at radius 2 is 2.17 bits per heavy atom. The Morgan fingerprint density at radius 3 is 2.78 bits per heavy atom. The third-order valence-corrected chi connectivity index (χ3v) is 4.99. The van der Waals surface area contributed by atoms with Gasteiger partial charge in [0.1, 0.15) is 0 Å². The van der Waals surface area contributed by atoms with Crippen molar-refractivity contribution in [2.45, 2.75) is 6.42 Å². The molecule has 124 valence electrons. The Bertz CT molecular complexity index is 625. The van der Waals surface area contributed by atoms with E-state index in [9.17, 15) is 0 Å². The quantitative estimate of drug-likeness (QED) is 0.680. The summed E-state index contributed by atoms with van der Waals surface area (Å²) in [5.41, 5.74) is 1.25. The number of hydrogen-bond acceptors (Lipinski definition) is 4. The second-order valence-electron chi connectivity index (χ2n) is 5.67. The van der Waals surface area contributed by atoms with Crippen molar-refractivity contribution in [3.8, 4) is 0 Å². The molecule has 0 amide bonds. The van der Waals surface area contributed by atoms with Gasteiger partial charge in [0, 0.05) is 53.0 Å². The fourth-order valence-corrected chi connectivity index (χ4v) is 3.63. The maximum Gasteiger partial charge on any atom is 0.193 e. The molecule has 3 rings (SSSR count). The first kappa shape index (κ1) is 15.9. The van der Waals surface area contributed by atoms with E-state index in [2.05, 4.69) is 48.9 Å². The number of hydrogen-bond donors (Lipinski definition) is 1. The second-order valence-corrected chi connectivity index (χ2v) is 6.60. The number of rotatable bonds is 4. The molecule has 1 N–H and O–H groups in total. The summed E-state index contributed by atoms with van der Waals surface area (Å²) in [7, 11) is 3.81. The first-order valence-electron chi connectivity index (χ1n) is 7.98. The average molecular weight is 332 g/mol. The van der Waals surface area contributed by atoms with E-state index in [-0.39, 0.29) is 0 Å². The summed E-state index contributed by atoms with van der Waals surface area (Å²) >= 11 is 1.81. The summed E-state index contributed by atoms with van der Waals surface area (Å²) < 4.78 is 1.84. The zero-order chi connectivity index (χ0) is 16.1. The van der Waals surface area contributed by atoms with Gasteiger partial charge in [-0.2, -0.15) is 5.10 Å². The van der Waals surface area contributed by atoms with Gasteiger partial charge in [-0.15, -0.1) is 11.3 Å². The summed E-state index contributed by atoms with van der Waals surface area (Å²) in [4.78, 5) is 9.22. The van der Waals surface area contributed by atoms with Crippen LogP contribution in [0.4, 0.5) is 5.00 Å². The number of aliphatic imine (C=N–C) groups is 1. The third-order valence-electron chi connectivity index (χ3n) is 4.06. The molecule has 1 aliphatic heterocycles. The number of guanidine groups is 1. The number of piperazine rings is 1. The molecular weight excluding hydrogens is 308 g/mol. The molecule has 0 atom stereocenters. The fourth-order valence-electron chi connectivity index (χ4n) is 2.84.